The highest BCUT2D eigenvalue weighted by Crippen LogP contribution is 2.15. The molecule has 0 aromatic carbocycles. The second kappa shape index (κ2) is 7.69. The van der Waals surface area contributed by atoms with E-state index in [0.717, 1.165) is 22.7 Å². The van der Waals surface area contributed by atoms with Gasteiger partial charge in [-0.25, -0.2) is 5.43 Å². The normalized spacial score (nSPS) is 11.2. The topological polar surface area (TPSA) is 81.5 Å². The molecule has 1 N–H and O–H groups in total. The number of nitrogens with one attached hydrogen (secondary N) is 1. The monoisotopic (exact) mass is 352 g/mol. The quantitative estimate of drug-likeness (QED) is 0.545. The fourth-order valence-electron chi connectivity index (χ4n) is 2.72. The molecule has 0 fully saturated rings. The van der Waals surface area contributed by atoms with E-state index in [9.17, 15) is 9.59 Å². The number of aromatic nitrogens is 2. The Hall–Kier alpha value is -3.35. The third kappa shape index (κ3) is 4.00. The van der Waals surface area contributed by atoms with Crippen molar-refractivity contribution in [2.45, 2.75) is 26.9 Å². The maximum absolute atomic E-state index is 11.9. The van der Waals surface area contributed by atoms with E-state index in [4.69, 9.17) is 4.42 Å². The Bertz CT molecular complexity index is 981. The Balaban J connectivity index is 1.64. The summed E-state index contributed by atoms with van der Waals surface area (Å²) in [5.74, 6) is 0.510. The molecule has 0 spiro atoms. The molecule has 7 heteroatoms. The predicted molar refractivity (Wildman–Crippen MR) is 98.2 cm³/mol. The van der Waals surface area contributed by atoms with E-state index in [2.05, 4.69) is 15.1 Å². The van der Waals surface area contributed by atoms with Gasteiger partial charge in [0.05, 0.1) is 19.0 Å². The minimum absolute atomic E-state index is 0.0749. The minimum atomic E-state index is -0.362. The average molecular weight is 352 g/mol. The highest BCUT2D eigenvalue weighted by molar-refractivity contribution is 5.83. The molecule has 0 radical (unpaired) electrons. The zero-order valence-corrected chi connectivity index (χ0v) is 14.7. The predicted octanol–water partition coefficient (Wildman–Crippen LogP) is 2.06. The lowest BCUT2D eigenvalue weighted by Crippen LogP contribution is -2.29. The van der Waals surface area contributed by atoms with Crippen LogP contribution in [0.4, 0.5) is 0 Å². The van der Waals surface area contributed by atoms with E-state index in [1.54, 1.807) is 30.8 Å². The van der Waals surface area contributed by atoms with Gasteiger partial charge in [-0.05, 0) is 38.1 Å². The third-order valence-corrected chi connectivity index (χ3v) is 4.11. The van der Waals surface area contributed by atoms with Gasteiger partial charge in [-0.1, -0.05) is 6.07 Å². The van der Waals surface area contributed by atoms with Crippen molar-refractivity contribution in [1.29, 1.82) is 0 Å². The molecule has 1 amide bonds. The molecule has 3 aromatic rings. The Kier molecular flexibility index (Phi) is 5.17. The first-order valence-corrected chi connectivity index (χ1v) is 8.21. The van der Waals surface area contributed by atoms with Gasteiger partial charge >= 0.3 is 0 Å². The molecule has 0 aliphatic rings. The minimum Gasteiger partial charge on any atom is -0.467 e. The van der Waals surface area contributed by atoms with Crippen LogP contribution in [0.1, 0.15) is 22.7 Å². The number of rotatable bonds is 6. The lowest BCUT2D eigenvalue weighted by Gasteiger charge is -2.07. The van der Waals surface area contributed by atoms with E-state index in [1.165, 1.54) is 10.6 Å². The zero-order chi connectivity index (χ0) is 18.5. The van der Waals surface area contributed by atoms with Crippen LogP contribution in [0.25, 0.3) is 0 Å². The first-order chi connectivity index (χ1) is 12.5. The van der Waals surface area contributed by atoms with Gasteiger partial charge < -0.3 is 13.6 Å². The average Bonchev–Trinajstić information content (AvgIpc) is 3.21. The summed E-state index contributed by atoms with van der Waals surface area (Å²) in [6.45, 7) is 4.56. The smallest absolute Gasteiger partial charge is 0.260 e. The molecular weight excluding hydrogens is 332 g/mol. The highest BCUT2D eigenvalue weighted by Gasteiger charge is 2.09. The number of aryl methyl sites for hydroxylation is 1. The molecule has 134 valence electrons. The molecule has 3 aromatic heterocycles. The Morgan fingerprint density at radius 1 is 1.27 bits per heavy atom. The van der Waals surface area contributed by atoms with Crippen LogP contribution in [0.3, 0.4) is 0 Å². The van der Waals surface area contributed by atoms with Gasteiger partial charge in [-0.3, -0.25) is 9.59 Å². The molecular formula is C19H20N4O3. The van der Waals surface area contributed by atoms with Gasteiger partial charge in [-0.2, -0.15) is 5.10 Å². The van der Waals surface area contributed by atoms with Crippen LogP contribution in [0.2, 0.25) is 0 Å². The number of pyridine rings is 1. The molecule has 0 bridgehead atoms. The highest BCUT2D eigenvalue weighted by atomic mass is 16.3. The van der Waals surface area contributed by atoms with Crippen molar-refractivity contribution in [2.75, 3.05) is 0 Å². The van der Waals surface area contributed by atoms with Crippen LogP contribution in [-0.2, 0) is 17.9 Å². The molecule has 0 unspecified atom stereocenters. The second-order valence-corrected chi connectivity index (χ2v) is 5.95. The van der Waals surface area contributed by atoms with Crippen LogP contribution in [0.5, 0.6) is 0 Å². The van der Waals surface area contributed by atoms with Gasteiger partial charge in [0.1, 0.15) is 12.3 Å². The fourth-order valence-corrected chi connectivity index (χ4v) is 2.72. The summed E-state index contributed by atoms with van der Waals surface area (Å²) >= 11 is 0. The van der Waals surface area contributed by atoms with Gasteiger partial charge in [0.15, 0.2) is 0 Å². The van der Waals surface area contributed by atoms with Crippen molar-refractivity contribution < 1.29 is 9.21 Å². The van der Waals surface area contributed by atoms with Gasteiger partial charge in [0.25, 0.3) is 11.5 Å². The first kappa shape index (κ1) is 17.5. The number of nitrogens with zero attached hydrogens (tertiary/aromatic N) is 3. The summed E-state index contributed by atoms with van der Waals surface area (Å²) in [7, 11) is 0. The van der Waals surface area contributed by atoms with Crippen LogP contribution in [0, 0.1) is 13.8 Å². The number of hydrazone groups is 1. The number of carbonyl (C=O) groups is 1. The van der Waals surface area contributed by atoms with Crippen molar-refractivity contribution in [3.8, 4) is 0 Å². The number of carbonyl (C=O) groups excluding carboxylic acids is 1. The summed E-state index contributed by atoms with van der Waals surface area (Å²) in [4.78, 5) is 23.5. The van der Waals surface area contributed by atoms with Crippen molar-refractivity contribution >= 4 is 12.1 Å². The Labute approximate surface area is 150 Å². The van der Waals surface area contributed by atoms with Crippen LogP contribution in [-0.4, -0.2) is 21.3 Å². The van der Waals surface area contributed by atoms with Crippen LogP contribution in [0.15, 0.2) is 63.2 Å². The van der Waals surface area contributed by atoms with Crippen LogP contribution < -0.4 is 11.0 Å². The van der Waals surface area contributed by atoms with Gasteiger partial charge in [0.2, 0.25) is 0 Å². The van der Waals surface area contributed by atoms with Gasteiger partial charge in [0, 0.05) is 29.2 Å². The fraction of sp³-hybridized carbons (Fsp3) is 0.211. The molecule has 0 aliphatic carbocycles. The van der Waals surface area contributed by atoms with Crippen molar-refractivity contribution in [1.82, 2.24) is 14.6 Å². The maximum Gasteiger partial charge on any atom is 0.260 e. The standard InChI is InChI=1S/C19H20N4O3/c1-14-10-16(15(2)23(14)12-17-6-5-9-26-17)11-20-21-18(24)13-22-8-4-3-7-19(22)25/h3-11H,12-13H2,1-2H3,(H,21,24)/b20-11-. The van der Waals surface area contributed by atoms with Crippen LogP contribution >= 0.6 is 0 Å². The van der Waals surface area contributed by atoms with E-state index < -0.39 is 0 Å². The molecule has 0 atom stereocenters. The summed E-state index contributed by atoms with van der Waals surface area (Å²) in [6, 6.07) is 10.5. The maximum atomic E-state index is 11.9. The lowest BCUT2D eigenvalue weighted by molar-refractivity contribution is -0.121. The Morgan fingerprint density at radius 3 is 2.85 bits per heavy atom. The third-order valence-electron chi connectivity index (χ3n) is 4.11. The second-order valence-electron chi connectivity index (χ2n) is 5.95. The summed E-state index contributed by atoms with van der Waals surface area (Å²) in [5, 5.41) is 4.00. The first-order valence-electron chi connectivity index (χ1n) is 8.21. The summed E-state index contributed by atoms with van der Waals surface area (Å²) < 4.78 is 8.83. The zero-order valence-electron chi connectivity index (χ0n) is 14.7. The SMILES string of the molecule is Cc1cc(/C=N\NC(=O)Cn2ccccc2=O)c(C)n1Cc1ccco1. The number of hydrogen-bond acceptors (Lipinski definition) is 4. The van der Waals surface area contributed by atoms with Crippen molar-refractivity contribution in [3.63, 3.8) is 0 Å². The number of amides is 1. The number of hydrogen-bond donors (Lipinski definition) is 1. The molecule has 3 heterocycles. The van der Waals surface area contributed by atoms with Gasteiger partial charge in [-0.15, -0.1) is 0 Å². The molecule has 0 aliphatic heterocycles. The van der Waals surface area contributed by atoms with E-state index in [-0.39, 0.29) is 18.0 Å². The molecule has 0 saturated carbocycles. The van der Waals surface area contributed by atoms with E-state index >= 15 is 0 Å². The summed E-state index contributed by atoms with van der Waals surface area (Å²) in [6.07, 6.45) is 4.82. The Morgan fingerprint density at radius 2 is 2.12 bits per heavy atom. The van der Waals surface area contributed by atoms with Crippen molar-refractivity contribution in [2.24, 2.45) is 5.10 Å². The number of furan rings is 1. The molecule has 7 nitrogen and oxygen atoms in total. The summed E-state index contributed by atoms with van der Waals surface area (Å²) in [5.41, 5.74) is 5.23. The van der Waals surface area contributed by atoms with E-state index in [1.807, 2.05) is 32.0 Å². The van der Waals surface area contributed by atoms with Crippen molar-refractivity contribution in [3.05, 3.63) is 81.9 Å². The molecule has 26 heavy (non-hydrogen) atoms. The van der Waals surface area contributed by atoms with E-state index in [0.29, 0.717) is 6.54 Å². The molecule has 0 saturated heterocycles. The largest absolute Gasteiger partial charge is 0.467 e. The molecule has 3 rings (SSSR count). The lowest BCUT2D eigenvalue weighted by atomic mass is 10.3.